The van der Waals surface area contributed by atoms with E-state index in [0.717, 1.165) is 34.6 Å². The number of nitrogens with zero attached hydrogens (tertiary/aromatic N) is 2. The van der Waals surface area contributed by atoms with Crippen LogP contribution in [0.15, 0.2) is 69.2 Å². The summed E-state index contributed by atoms with van der Waals surface area (Å²) in [7, 11) is 0. The van der Waals surface area contributed by atoms with Crippen LogP contribution in [0.2, 0.25) is 0 Å². The average molecular weight is 476 g/mol. The Bertz CT molecular complexity index is 1150. The third kappa shape index (κ3) is 4.00. The maximum Gasteiger partial charge on any atom is 0.291 e. The maximum absolute atomic E-state index is 13.4. The first-order valence-corrected chi connectivity index (χ1v) is 13.0. The fourth-order valence-electron chi connectivity index (χ4n) is 6.36. The van der Waals surface area contributed by atoms with Crippen molar-refractivity contribution in [3.63, 3.8) is 0 Å². The van der Waals surface area contributed by atoms with Crippen LogP contribution < -0.4 is 10.1 Å². The van der Waals surface area contributed by atoms with E-state index < -0.39 is 0 Å². The zero-order valence-corrected chi connectivity index (χ0v) is 20.0. The lowest BCUT2D eigenvalue weighted by Gasteiger charge is -2.67. The van der Waals surface area contributed by atoms with Crippen LogP contribution in [-0.4, -0.2) is 28.7 Å². The molecule has 0 spiro atoms. The predicted octanol–water partition coefficient (Wildman–Crippen LogP) is 5.25. The number of rotatable bonds is 8. The minimum Gasteiger partial charge on any atom is -0.474 e. The number of ether oxygens (including phenoxy) is 1. The van der Waals surface area contributed by atoms with Gasteiger partial charge in [-0.1, -0.05) is 36.9 Å². The minimum atomic E-state index is -0.181. The van der Waals surface area contributed by atoms with Crippen LogP contribution in [0.3, 0.4) is 0 Å². The highest BCUT2D eigenvalue weighted by atomic mass is 32.2. The van der Waals surface area contributed by atoms with Crippen molar-refractivity contribution in [2.24, 2.45) is 29.6 Å². The summed E-state index contributed by atoms with van der Waals surface area (Å²) < 4.78 is 11.6. The van der Waals surface area contributed by atoms with Gasteiger partial charge < -0.3 is 14.6 Å². The molecule has 6 rings (SSSR count). The van der Waals surface area contributed by atoms with Crippen LogP contribution in [0.1, 0.15) is 42.3 Å². The number of pyridine rings is 1. The van der Waals surface area contributed by atoms with E-state index in [1.165, 1.54) is 31.0 Å². The molecule has 3 aromatic rings. The van der Waals surface area contributed by atoms with Crippen molar-refractivity contribution in [3.8, 4) is 5.88 Å². The molecule has 34 heavy (non-hydrogen) atoms. The first-order valence-electron chi connectivity index (χ1n) is 12.2. The number of amides is 1. The fraction of sp³-hybridized carbons (Fsp3) is 0.444. The Morgan fingerprint density at radius 3 is 2.74 bits per heavy atom. The van der Waals surface area contributed by atoms with Gasteiger partial charge >= 0.3 is 0 Å². The number of carbonyl (C=O) groups is 1. The fourth-order valence-corrected chi connectivity index (χ4v) is 7.30. The van der Waals surface area contributed by atoms with Crippen molar-refractivity contribution in [3.05, 3.63) is 66.2 Å². The standard InChI is InChI=1S/C27H29N3O3S/c1-16-13-18-15-21-22(18)20(14-16)23(21)29-26(31)24-25(34-19-5-3-2-4-6-19)27(30-33-24)32-12-9-17-7-10-28-11-8-17/h2-8,10-11,16,18,20-23H,9,12-15H2,1H3,(H,29,31). The van der Waals surface area contributed by atoms with Gasteiger partial charge in [-0.2, -0.15) is 0 Å². The van der Waals surface area contributed by atoms with Gasteiger partial charge in [-0.3, -0.25) is 9.78 Å². The first-order chi connectivity index (χ1) is 16.7. The summed E-state index contributed by atoms with van der Waals surface area (Å²) in [6, 6.07) is 14.1. The molecule has 6 nitrogen and oxygen atoms in total. The van der Waals surface area contributed by atoms with Crippen molar-refractivity contribution >= 4 is 17.7 Å². The van der Waals surface area contributed by atoms with Crippen molar-refractivity contribution < 1.29 is 14.1 Å². The van der Waals surface area contributed by atoms with Gasteiger partial charge in [0, 0.05) is 29.8 Å². The Hall–Kier alpha value is -2.80. The third-order valence-electron chi connectivity index (χ3n) is 7.88. The van der Waals surface area contributed by atoms with Crippen molar-refractivity contribution in [1.82, 2.24) is 15.5 Å². The van der Waals surface area contributed by atoms with Gasteiger partial charge in [0.05, 0.1) is 6.61 Å². The van der Waals surface area contributed by atoms with E-state index in [4.69, 9.17) is 9.26 Å². The molecular weight excluding hydrogens is 446 g/mol. The van der Waals surface area contributed by atoms with Crippen LogP contribution >= 0.6 is 11.8 Å². The highest BCUT2D eigenvalue weighted by Crippen LogP contribution is 2.64. The van der Waals surface area contributed by atoms with E-state index in [1.807, 2.05) is 42.5 Å². The van der Waals surface area contributed by atoms with Gasteiger partial charge in [-0.15, -0.1) is 0 Å². The second-order valence-electron chi connectivity index (χ2n) is 9.99. The number of nitrogens with one attached hydrogen (secondary N) is 1. The summed E-state index contributed by atoms with van der Waals surface area (Å²) in [6.45, 7) is 2.79. The van der Waals surface area contributed by atoms with E-state index in [0.29, 0.717) is 29.2 Å². The summed E-state index contributed by atoms with van der Waals surface area (Å²) in [4.78, 5) is 19.1. The van der Waals surface area contributed by atoms with Crippen molar-refractivity contribution in [1.29, 1.82) is 0 Å². The molecule has 1 amide bonds. The normalized spacial score (nSPS) is 28.9. The largest absolute Gasteiger partial charge is 0.474 e. The van der Waals surface area contributed by atoms with E-state index in [-0.39, 0.29) is 17.7 Å². The molecule has 0 aliphatic heterocycles. The number of benzene rings is 1. The van der Waals surface area contributed by atoms with Gasteiger partial charge in [0.25, 0.3) is 11.8 Å². The maximum atomic E-state index is 13.4. The minimum absolute atomic E-state index is 0.181. The molecule has 6 atom stereocenters. The van der Waals surface area contributed by atoms with Crippen LogP contribution in [0, 0.1) is 29.6 Å². The van der Waals surface area contributed by atoms with Crippen LogP contribution in [0.5, 0.6) is 5.88 Å². The van der Waals surface area contributed by atoms with Gasteiger partial charge in [0.15, 0.2) is 0 Å². The molecule has 1 N–H and O–H groups in total. The van der Waals surface area contributed by atoms with Gasteiger partial charge in [-0.05, 0) is 83.8 Å². The van der Waals surface area contributed by atoms with Crippen LogP contribution in [0.4, 0.5) is 0 Å². The smallest absolute Gasteiger partial charge is 0.291 e. The molecule has 3 fully saturated rings. The number of aromatic nitrogens is 2. The summed E-state index contributed by atoms with van der Waals surface area (Å²) in [5, 5.41) is 7.46. The van der Waals surface area contributed by atoms with E-state index in [2.05, 4.69) is 22.4 Å². The Morgan fingerprint density at radius 1 is 1.12 bits per heavy atom. The van der Waals surface area contributed by atoms with Crippen molar-refractivity contribution in [2.45, 2.75) is 48.4 Å². The highest BCUT2D eigenvalue weighted by molar-refractivity contribution is 7.99. The molecule has 176 valence electrons. The Balaban J connectivity index is 1.18. The average Bonchev–Trinajstić information content (AvgIpc) is 3.22. The topological polar surface area (TPSA) is 77.2 Å². The Morgan fingerprint density at radius 2 is 1.91 bits per heavy atom. The zero-order valence-electron chi connectivity index (χ0n) is 19.2. The molecule has 2 heterocycles. The SMILES string of the molecule is CC1CC2CC3C(NC(=O)c4onc(OCCc5ccncc5)c4Sc4ccccc4)C(C1)C23. The second kappa shape index (κ2) is 9.10. The molecule has 7 heteroatoms. The van der Waals surface area contributed by atoms with Gasteiger partial charge in [-0.25, -0.2) is 0 Å². The van der Waals surface area contributed by atoms with Gasteiger partial charge in [0.1, 0.15) is 4.90 Å². The zero-order chi connectivity index (χ0) is 23.1. The molecule has 6 unspecified atom stereocenters. The third-order valence-corrected chi connectivity index (χ3v) is 8.95. The molecule has 0 radical (unpaired) electrons. The van der Waals surface area contributed by atoms with Crippen LogP contribution in [-0.2, 0) is 6.42 Å². The van der Waals surface area contributed by atoms with Crippen LogP contribution in [0.25, 0.3) is 0 Å². The predicted molar refractivity (Wildman–Crippen MR) is 129 cm³/mol. The lowest BCUT2D eigenvalue weighted by atomic mass is 9.40. The van der Waals surface area contributed by atoms with E-state index >= 15 is 0 Å². The molecule has 0 bridgehead atoms. The monoisotopic (exact) mass is 475 g/mol. The molecule has 3 saturated carbocycles. The highest BCUT2D eigenvalue weighted by Gasteiger charge is 2.62. The van der Waals surface area contributed by atoms with E-state index in [1.54, 1.807) is 12.4 Å². The summed E-state index contributed by atoms with van der Waals surface area (Å²) >= 11 is 1.46. The number of carbonyl (C=O) groups excluding carboxylic acids is 1. The number of hydrogen-bond acceptors (Lipinski definition) is 6. The molecular formula is C27H29N3O3S. The molecule has 0 saturated heterocycles. The Kier molecular flexibility index (Phi) is 5.81. The summed E-state index contributed by atoms with van der Waals surface area (Å²) in [5.74, 6) is 4.13. The lowest BCUT2D eigenvalue weighted by molar-refractivity contribution is -0.160. The van der Waals surface area contributed by atoms with Crippen molar-refractivity contribution in [2.75, 3.05) is 6.61 Å². The first kappa shape index (κ1) is 21.7. The second-order valence-corrected chi connectivity index (χ2v) is 11.1. The molecule has 3 aliphatic rings. The molecule has 2 aromatic heterocycles. The summed E-state index contributed by atoms with van der Waals surface area (Å²) in [6.07, 6.45) is 8.09. The molecule has 1 aromatic carbocycles. The van der Waals surface area contributed by atoms with Gasteiger partial charge in [0.2, 0.25) is 5.76 Å². The quantitative estimate of drug-likeness (QED) is 0.479. The van der Waals surface area contributed by atoms with E-state index in [9.17, 15) is 4.79 Å². The number of hydrogen-bond donors (Lipinski definition) is 1. The summed E-state index contributed by atoms with van der Waals surface area (Å²) in [5.41, 5.74) is 1.13. The lowest BCUT2D eigenvalue weighted by Crippen LogP contribution is -2.69. The Labute approximate surface area is 203 Å². The molecule has 3 aliphatic carbocycles.